The number of carbonyl (C=O) groups excluding carboxylic acids is 1. The van der Waals surface area contributed by atoms with Crippen molar-refractivity contribution in [3.05, 3.63) is 65.0 Å². The molecule has 8 heteroatoms. The average Bonchev–Trinajstić information content (AvgIpc) is 3.30. The second-order valence-corrected chi connectivity index (χ2v) is 7.01. The Morgan fingerprint density at radius 3 is 2.55 bits per heavy atom. The number of hydrogen-bond donors (Lipinski definition) is 1. The van der Waals surface area contributed by atoms with Crippen LogP contribution in [0.15, 0.2) is 47.0 Å². The van der Waals surface area contributed by atoms with E-state index in [-0.39, 0.29) is 5.91 Å². The number of aryl methyl sites for hydroxylation is 2. The summed E-state index contributed by atoms with van der Waals surface area (Å²) in [6.07, 6.45) is -1.10. The molecule has 5 nitrogen and oxygen atoms in total. The molecule has 4 rings (SSSR count). The fourth-order valence-electron chi connectivity index (χ4n) is 3.31. The molecule has 1 amide bonds. The van der Waals surface area contributed by atoms with Gasteiger partial charge in [0.25, 0.3) is 0 Å². The molecule has 0 unspecified atom stereocenters. The number of fused-ring (bicyclic) bond motifs is 1. The molecule has 2 heterocycles. The molecule has 0 saturated heterocycles. The Labute approximate surface area is 164 Å². The van der Waals surface area contributed by atoms with E-state index in [4.69, 9.17) is 4.52 Å². The normalized spacial score (nSPS) is 13.4. The van der Waals surface area contributed by atoms with E-state index in [2.05, 4.69) is 15.5 Å². The van der Waals surface area contributed by atoms with Gasteiger partial charge in [-0.25, -0.2) is 0 Å². The standard InChI is InChI=1S/C21H18F3N3O2/c22-21(23,24)16-8-5-13(6-9-16)3-1-2-4-19-26-20(27-29-19)14-7-10-17-15(11-14)12-18(28)25-17/h5-11H,1-4,12H2,(H,25,28). The molecule has 3 aromatic rings. The van der Waals surface area contributed by atoms with Crippen molar-refractivity contribution in [3.8, 4) is 11.4 Å². The minimum Gasteiger partial charge on any atom is -0.339 e. The summed E-state index contributed by atoms with van der Waals surface area (Å²) in [5.41, 5.74) is 2.75. The lowest BCUT2D eigenvalue weighted by atomic mass is 10.0. The van der Waals surface area contributed by atoms with Gasteiger partial charge in [-0.3, -0.25) is 4.79 Å². The van der Waals surface area contributed by atoms with Gasteiger partial charge in [-0.15, -0.1) is 0 Å². The third kappa shape index (κ3) is 4.47. The van der Waals surface area contributed by atoms with Crippen LogP contribution in [0.3, 0.4) is 0 Å². The van der Waals surface area contributed by atoms with Crippen molar-refractivity contribution in [1.29, 1.82) is 0 Å². The Bertz CT molecular complexity index is 1030. The zero-order valence-electron chi connectivity index (χ0n) is 15.4. The number of unbranched alkanes of at least 4 members (excludes halogenated alkanes) is 1. The van der Waals surface area contributed by atoms with Gasteiger partial charge in [-0.2, -0.15) is 18.2 Å². The summed E-state index contributed by atoms with van der Waals surface area (Å²) in [7, 11) is 0. The van der Waals surface area contributed by atoms with Gasteiger partial charge in [0.1, 0.15) is 0 Å². The van der Waals surface area contributed by atoms with Gasteiger partial charge in [0.05, 0.1) is 12.0 Å². The summed E-state index contributed by atoms with van der Waals surface area (Å²) in [6.45, 7) is 0. The maximum Gasteiger partial charge on any atom is 0.416 e. The van der Waals surface area contributed by atoms with Crippen molar-refractivity contribution >= 4 is 11.6 Å². The SMILES string of the molecule is O=C1Cc2cc(-c3noc(CCCCc4ccc(C(F)(F)F)cc4)n3)ccc2N1. The lowest BCUT2D eigenvalue weighted by molar-refractivity contribution is -0.137. The molecule has 0 saturated carbocycles. The van der Waals surface area contributed by atoms with Crippen molar-refractivity contribution in [2.24, 2.45) is 0 Å². The van der Waals surface area contributed by atoms with E-state index in [0.717, 1.165) is 47.4 Å². The van der Waals surface area contributed by atoms with Crippen molar-refractivity contribution in [2.45, 2.75) is 38.3 Å². The molecule has 0 bridgehead atoms. The number of aromatic nitrogens is 2. The summed E-state index contributed by atoms with van der Waals surface area (Å²) in [6, 6.07) is 10.8. The smallest absolute Gasteiger partial charge is 0.339 e. The third-order valence-corrected chi connectivity index (χ3v) is 4.84. The van der Waals surface area contributed by atoms with Crippen molar-refractivity contribution in [1.82, 2.24) is 10.1 Å². The van der Waals surface area contributed by atoms with Gasteiger partial charge in [-0.05, 0) is 60.7 Å². The predicted octanol–water partition coefficient (Wildman–Crippen LogP) is 4.82. The minimum absolute atomic E-state index is 0.0287. The van der Waals surface area contributed by atoms with E-state index in [1.165, 1.54) is 12.1 Å². The number of hydrogen-bond acceptors (Lipinski definition) is 4. The van der Waals surface area contributed by atoms with Crippen LogP contribution >= 0.6 is 0 Å². The van der Waals surface area contributed by atoms with E-state index in [1.807, 2.05) is 18.2 Å². The second-order valence-electron chi connectivity index (χ2n) is 7.01. The molecule has 2 aromatic carbocycles. The molecular weight excluding hydrogens is 383 g/mol. The lowest BCUT2D eigenvalue weighted by Gasteiger charge is -2.07. The van der Waals surface area contributed by atoms with Crippen molar-refractivity contribution in [2.75, 3.05) is 5.32 Å². The number of amides is 1. The highest BCUT2D eigenvalue weighted by Crippen LogP contribution is 2.30. The van der Waals surface area contributed by atoms with Crippen LogP contribution in [0.25, 0.3) is 11.4 Å². The Morgan fingerprint density at radius 2 is 1.79 bits per heavy atom. The molecule has 29 heavy (non-hydrogen) atoms. The summed E-state index contributed by atoms with van der Waals surface area (Å²) in [5, 5.41) is 6.78. The van der Waals surface area contributed by atoms with Gasteiger partial charge in [0.15, 0.2) is 0 Å². The van der Waals surface area contributed by atoms with Gasteiger partial charge in [-0.1, -0.05) is 17.3 Å². The number of benzene rings is 2. The molecule has 0 fully saturated rings. The highest BCUT2D eigenvalue weighted by molar-refractivity contribution is 5.99. The van der Waals surface area contributed by atoms with Crippen LogP contribution in [0.1, 0.15) is 35.4 Å². The molecule has 0 aliphatic carbocycles. The summed E-state index contributed by atoms with van der Waals surface area (Å²) < 4.78 is 43.0. The van der Waals surface area contributed by atoms with Gasteiger partial charge in [0.2, 0.25) is 17.6 Å². The molecule has 150 valence electrons. The van der Waals surface area contributed by atoms with Crippen LogP contribution in [0, 0.1) is 0 Å². The molecule has 1 aromatic heterocycles. The monoisotopic (exact) mass is 401 g/mol. The first-order valence-electron chi connectivity index (χ1n) is 9.30. The molecular formula is C21H18F3N3O2. The number of rotatable bonds is 6. The quantitative estimate of drug-likeness (QED) is 0.602. The first-order chi connectivity index (χ1) is 13.9. The molecule has 1 aliphatic rings. The largest absolute Gasteiger partial charge is 0.416 e. The van der Waals surface area contributed by atoms with Crippen LogP contribution in [0.4, 0.5) is 18.9 Å². The third-order valence-electron chi connectivity index (χ3n) is 4.84. The summed E-state index contributed by atoms with van der Waals surface area (Å²) in [5.74, 6) is 0.964. The first kappa shape index (κ1) is 19.2. The highest BCUT2D eigenvalue weighted by Gasteiger charge is 2.29. The summed E-state index contributed by atoms with van der Waals surface area (Å²) in [4.78, 5) is 15.9. The minimum atomic E-state index is -4.31. The highest BCUT2D eigenvalue weighted by atomic mass is 19.4. The Balaban J connectivity index is 1.29. The van der Waals surface area contributed by atoms with Crippen molar-refractivity contribution in [3.63, 3.8) is 0 Å². The zero-order chi connectivity index (χ0) is 20.4. The van der Waals surface area contributed by atoms with Gasteiger partial charge < -0.3 is 9.84 Å². The molecule has 1 N–H and O–H groups in total. The Hall–Kier alpha value is -3.16. The number of halogens is 3. The number of alkyl halides is 3. The summed E-state index contributed by atoms with van der Waals surface area (Å²) >= 11 is 0. The van der Waals surface area contributed by atoms with Gasteiger partial charge >= 0.3 is 6.18 Å². The molecule has 1 aliphatic heterocycles. The van der Waals surface area contributed by atoms with E-state index in [0.29, 0.717) is 31.0 Å². The van der Waals surface area contributed by atoms with Crippen LogP contribution in [-0.4, -0.2) is 16.0 Å². The average molecular weight is 401 g/mol. The fraction of sp³-hybridized carbons (Fsp3) is 0.286. The van der Waals surface area contributed by atoms with Crippen LogP contribution in [0.2, 0.25) is 0 Å². The van der Waals surface area contributed by atoms with Gasteiger partial charge in [0, 0.05) is 17.7 Å². The zero-order valence-corrected chi connectivity index (χ0v) is 15.4. The Morgan fingerprint density at radius 1 is 1.03 bits per heavy atom. The molecule has 0 atom stereocenters. The van der Waals surface area contributed by atoms with Crippen molar-refractivity contribution < 1.29 is 22.5 Å². The van der Waals surface area contributed by atoms with E-state index in [1.54, 1.807) is 0 Å². The fourth-order valence-corrected chi connectivity index (χ4v) is 3.31. The van der Waals surface area contributed by atoms with Crippen LogP contribution < -0.4 is 5.32 Å². The van der Waals surface area contributed by atoms with Crippen LogP contribution in [-0.2, 0) is 30.2 Å². The lowest BCUT2D eigenvalue weighted by Crippen LogP contribution is -2.04. The maximum absolute atomic E-state index is 12.6. The van der Waals surface area contributed by atoms with Crippen LogP contribution in [0.5, 0.6) is 0 Å². The number of nitrogens with zero attached hydrogens (tertiary/aromatic N) is 2. The number of nitrogens with one attached hydrogen (secondary N) is 1. The topological polar surface area (TPSA) is 68.0 Å². The predicted molar refractivity (Wildman–Crippen MR) is 100 cm³/mol. The maximum atomic E-state index is 12.6. The Kier molecular flexibility index (Phi) is 5.08. The van der Waals surface area contributed by atoms with E-state index >= 15 is 0 Å². The van der Waals surface area contributed by atoms with E-state index < -0.39 is 11.7 Å². The number of carbonyl (C=O) groups is 1. The number of anilines is 1. The molecule has 0 spiro atoms. The molecule has 0 radical (unpaired) electrons. The van der Waals surface area contributed by atoms with E-state index in [9.17, 15) is 18.0 Å². The second kappa shape index (κ2) is 7.69. The first-order valence-corrected chi connectivity index (χ1v) is 9.30.